The molecule has 0 atom stereocenters. The molecule has 0 spiro atoms. The van der Waals surface area contributed by atoms with Crippen molar-refractivity contribution in [1.29, 1.82) is 0 Å². The van der Waals surface area contributed by atoms with Crippen LogP contribution in [0.2, 0.25) is 0 Å². The third-order valence-corrected chi connectivity index (χ3v) is 4.57. The van der Waals surface area contributed by atoms with Crippen molar-refractivity contribution in [3.05, 3.63) is 54.0 Å². The second-order valence-corrected chi connectivity index (χ2v) is 7.48. The molecule has 2 heterocycles. The SMILES string of the molecule is Cc1nc(OCC(C)(C)C(=O)O)ccc1-c1ccc(-c2ncc(C(F)(F)F)[nH]2)cc1. The normalized spacial score (nSPS) is 12.1. The van der Waals surface area contributed by atoms with E-state index in [1.807, 2.05) is 0 Å². The van der Waals surface area contributed by atoms with Crippen molar-refractivity contribution in [3.8, 4) is 28.4 Å². The van der Waals surface area contributed by atoms with Crippen LogP contribution in [-0.4, -0.2) is 32.6 Å². The molecule has 158 valence electrons. The van der Waals surface area contributed by atoms with Crippen LogP contribution < -0.4 is 4.74 Å². The Hall–Kier alpha value is -3.36. The monoisotopic (exact) mass is 419 g/mol. The van der Waals surface area contributed by atoms with Crippen LogP contribution in [0.25, 0.3) is 22.5 Å². The lowest BCUT2D eigenvalue weighted by molar-refractivity contribution is -0.148. The van der Waals surface area contributed by atoms with Gasteiger partial charge in [0.2, 0.25) is 5.88 Å². The Morgan fingerprint density at radius 1 is 1.10 bits per heavy atom. The summed E-state index contributed by atoms with van der Waals surface area (Å²) in [5.41, 5.74) is 0.900. The zero-order valence-corrected chi connectivity index (χ0v) is 16.5. The number of benzene rings is 1. The van der Waals surface area contributed by atoms with E-state index in [0.717, 1.165) is 17.3 Å². The van der Waals surface area contributed by atoms with E-state index in [9.17, 15) is 18.0 Å². The standard InChI is InChI=1S/C21H20F3N3O3/c1-12-15(8-9-17(26-12)30-11-20(2,3)19(28)29)13-4-6-14(7-5-13)18-25-10-16(27-18)21(22,23)24/h4-10H,11H2,1-3H3,(H,25,27)(H,28,29). The summed E-state index contributed by atoms with van der Waals surface area (Å²) in [5, 5.41) is 9.15. The summed E-state index contributed by atoms with van der Waals surface area (Å²) >= 11 is 0. The molecule has 9 heteroatoms. The van der Waals surface area contributed by atoms with Crippen LogP contribution in [0, 0.1) is 12.3 Å². The molecule has 6 nitrogen and oxygen atoms in total. The molecule has 3 rings (SSSR count). The topological polar surface area (TPSA) is 88.1 Å². The maximum absolute atomic E-state index is 12.7. The lowest BCUT2D eigenvalue weighted by atomic mass is 9.95. The van der Waals surface area contributed by atoms with Gasteiger partial charge in [-0.3, -0.25) is 4.79 Å². The Labute approximate surface area is 170 Å². The van der Waals surface area contributed by atoms with E-state index in [-0.39, 0.29) is 12.4 Å². The molecule has 0 radical (unpaired) electrons. The van der Waals surface area contributed by atoms with Crippen molar-refractivity contribution in [2.24, 2.45) is 5.41 Å². The number of hydrogen-bond acceptors (Lipinski definition) is 4. The molecule has 0 aliphatic carbocycles. The molecule has 0 amide bonds. The fourth-order valence-corrected chi connectivity index (χ4v) is 2.66. The summed E-state index contributed by atoms with van der Waals surface area (Å²) in [4.78, 5) is 21.6. The van der Waals surface area contributed by atoms with E-state index in [1.165, 1.54) is 0 Å². The van der Waals surface area contributed by atoms with E-state index in [1.54, 1.807) is 57.2 Å². The van der Waals surface area contributed by atoms with E-state index in [2.05, 4.69) is 15.0 Å². The molecule has 0 aliphatic heterocycles. The Balaban J connectivity index is 1.76. The number of H-pyrrole nitrogens is 1. The molecule has 0 bridgehead atoms. The second-order valence-electron chi connectivity index (χ2n) is 7.48. The number of aliphatic carboxylic acids is 1. The van der Waals surface area contributed by atoms with Crippen molar-refractivity contribution in [2.75, 3.05) is 6.61 Å². The maximum atomic E-state index is 12.7. The first kappa shape index (κ1) is 21.4. The van der Waals surface area contributed by atoms with Crippen LogP contribution in [0.3, 0.4) is 0 Å². The molecular weight excluding hydrogens is 399 g/mol. The molecule has 1 aromatic carbocycles. The minimum atomic E-state index is -4.47. The summed E-state index contributed by atoms with van der Waals surface area (Å²) in [6.07, 6.45) is -3.71. The minimum Gasteiger partial charge on any atom is -0.481 e. The summed E-state index contributed by atoms with van der Waals surface area (Å²) in [7, 11) is 0. The van der Waals surface area contributed by atoms with Gasteiger partial charge in [-0.25, -0.2) is 9.97 Å². The number of halogens is 3. The van der Waals surface area contributed by atoms with Gasteiger partial charge in [0, 0.05) is 22.9 Å². The van der Waals surface area contributed by atoms with Gasteiger partial charge in [0.05, 0.1) is 11.6 Å². The van der Waals surface area contributed by atoms with Gasteiger partial charge in [0.1, 0.15) is 18.1 Å². The van der Waals surface area contributed by atoms with Crippen molar-refractivity contribution < 1.29 is 27.8 Å². The van der Waals surface area contributed by atoms with Crippen LogP contribution in [0.5, 0.6) is 5.88 Å². The van der Waals surface area contributed by atoms with E-state index < -0.39 is 23.3 Å². The Morgan fingerprint density at radius 3 is 2.27 bits per heavy atom. The number of aromatic nitrogens is 3. The van der Waals surface area contributed by atoms with Gasteiger partial charge in [-0.05, 0) is 32.4 Å². The van der Waals surface area contributed by atoms with Crippen molar-refractivity contribution in [2.45, 2.75) is 26.9 Å². The van der Waals surface area contributed by atoms with E-state index in [0.29, 0.717) is 17.1 Å². The number of ether oxygens (including phenoxy) is 1. The van der Waals surface area contributed by atoms with Gasteiger partial charge < -0.3 is 14.8 Å². The van der Waals surface area contributed by atoms with Gasteiger partial charge in [0.15, 0.2) is 0 Å². The third-order valence-electron chi connectivity index (χ3n) is 4.57. The average molecular weight is 419 g/mol. The van der Waals surface area contributed by atoms with Gasteiger partial charge >= 0.3 is 12.1 Å². The summed E-state index contributed by atoms with van der Waals surface area (Å²) < 4.78 is 43.7. The molecule has 2 N–H and O–H groups in total. The number of carbonyl (C=O) groups is 1. The first-order chi connectivity index (χ1) is 14.0. The average Bonchev–Trinajstić information content (AvgIpc) is 3.17. The zero-order chi connectivity index (χ0) is 22.1. The number of rotatable bonds is 6. The highest BCUT2D eigenvalue weighted by molar-refractivity contribution is 5.73. The number of pyridine rings is 1. The fraction of sp³-hybridized carbons (Fsp3) is 0.286. The number of hydrogen-bond donors (Lipinski definition) is 2. The molecule has 30 heavy (non-hydrogen) atoms. The molecule has 0 unspecified atom stereocenters. The van der Waals surface area contributed by atoms with Crippen molar-refractivity contribution >= 4 is 5.97 Å². The van der Waals surface area contributed by atoms with Gasteiger partial charge in [-0.2, -0.15) is 13.2 Å². The number of carboxylic acids is 1. The molecular formula is C21H20F3N3O3. The Morgan fingerprint density at radius 2 is 1.73 bits per heavy atom. The lowest BCUT2D eigenvalue weighted by Crippen LogP contribution is -2.30. The van der Waals surface area contributed by atoms with Crippen LogP contribution in [0.4, 0.5) is 13.2 Å². The van der Waals surface area contributed by atoms with E-state index in [4.69, 9.17) is 9.84 Å². The quantitative estimate of drug-likeness (QED) is 0.590. The smallest absolute Gasteiger partial charge is 0.432 e. The van der Waals surface area contributed by atoms with Gasteiger partial charge in [-0.15, -0.1) is 0 Å². The number of alkyl halides is 3. The fourth-order valence-electron chi connectivity index (χ4n) is 2.66. The molecule has 0 saturated carbocycles. The Bertz CT molecular complexity index is 1060. The van der Waals surface area contributed by atoms with Crippen LogP contribution in [-0.2, 0) is 11.0 Å². The second kappa shape index (κ2) is 7.81. The number of aryl methyl sites for hydroxylation is 1. The molecule has 0 aliphatic rings. The van der Waals surface area contributed by atoms with Gasteiger partial charge in [0.25, 0.3) is 0 Å². The van der Waals surface area contributed by atoms with Crippen LogP contribution in [0.15, 0.2) is 42.6 Å². The third kappa shape index (κ3) is 4.61. The summed E-state index contributed by atoms with van der Waals surface area (Å²) in [6, 6.07) is 10.3. The molecule has 3 aromatic rings. The van der Waals surface area contributed by atoms with Gasteiger partial charge in [-0.1, -0.05) is 24.3 Å². The van der Waals surface area contributed by atoms with Crippen molar-refractivity contribution in [1.82, 2.24) is 15.0 Å². The maximum Gasteiger partial charge on any atom is 0.432 e. The highest BCUT2D eigenvalue weighted by Crippen LogP contribution is 2.31. The lowest BCUT2D eigenvalue weighted by Gasteiger charge is -2.19. The highest BCUT2D eigenvalue weighted by Gasteiger charge is 2.33. The highest BCUT2D eigenvalue weighted by atomic mass is 19.4. The van der Waals surface area contributed by atoms with Crippen LogP contribution >= 0.6 is 0 Å². The molecule has 0 saturated heterocycles. The van der Waals surface area contributed by atoms with Crippen LogP contribution in [0.1, 0.15) is 25.2 Å². The largest absolute Gasteiger partial charge is 0.481 e. The van der Waals surface area contributed by atoms with E-state index >= 15 is 0 Å². The number of nitrogens with zero attached hydrogens (tertiary/aromatic N) is 2. The first-order valence-corrected chi connectivity index (χ1v) is 9.04. The predicted octanol–water partition coefficient (Wildman–Crippen LogP) is 4.96. The number of imidazole rings is 1. The number of nitrogens with one attached hydrogen (secondary N) is 1. The molecule has 0 fully saturated rings. The predicted molar refractivity (Wildman–Crippen MR) is 104 cm³/mol. The number of carboxylic acid groups (broad SMARTS) is 1. The molecule has 2 aromatic heterocycles. The van der Waals surface area contributed by atoms with Crippen molar-refractivity contribution in [3.63, 3.8) is 0 Å². The number of aromatic amines is 1. The summed E-state index contributed by atoms with van der Waals surface area (Å²) in [6.45, 7) is 4.90. The summed E-state index contributed by atoms with van der Waals surface area (Å²) in [5.74, 6) is -0.513. The zero-order valence-electron chi connectivity index (χ0n) is 16.5. The first-order valence-electron chi connectivity index (χ1n) is 9.04. The Kier molecular flexibility index (Phi) is 5.56. The minimum absolute atomic E-state index is 0.0219.